The molecule has 3 heterocycles. The Morgan fingerprint density at radius 3 is 2.29 bits per heavy atom. The molecule has 3 aromatic heterocycles. The molecule has 0 saturated heterocycles. The molecule has 4 aromatic carbocycles. The first-order chi connectivity index (χ1) is 20.1. The van der Waals surface area contributed by atoms with Gasteiger partial charge in [0, 0.05) is 35.1 Å². The van der Waals surface area contributed by atoms with Crippen LogP contribution in [0.3, 0.4) is 0 Å². The van der Waals surface area contributed by atoms with Gasteiger partial charge in [0.1, 0.15) is 17.1 Å². The predicted octanol–water partition coefficient (Wildman–Crippen LogP) is 9.22. The number of benzene rings is 4. The van der Waals surface area contributed by atoms with Gasteiger partial charge >= 0.3 is 0 Å². The highest BCUT2D eigenvalue weighted by atomic mass is 16.3. The van der Waals surface area contributed by atoms with Crippen molar-refractivity contribution in [1.82, 2.24) is 19.5 Å². The molecule has 5 nitrogen and oxygen atoms in total. The summed E-state index contributed by atoms with van der Waals surface area (Å²) in [6, 6.07) is 27.2. The third kappa shape index (κ3) is 4.16. The van der Waals surface area contributed by atoms with Crippen LogP contribution in [0.4, 0.5) is 0 Å². The van der Waals surface area contributed by atoms with Crippen LogP contribution in [0, 0.1) is 13.8 Å². The van der Waals surface area contributed by atoms with Gasteiger partial charge in [-0.1, -0.05) is 74.4 Å². The fourth-order valence-corrected chi connectivity index (χ4v) is 6.18. The number of aromatic nitrogens is 4. The quantitative estimate of drug-likeness (QED) is 0.230. The molecule has 7 rings (SSSR count). The Morgan fingerprint density at radius 2 is 1.52 bits per heavy atom. The average molecular weight is 551 g/mol. The number of hydrogen-bond acceptors (Lipinski definition) is 3. The zero-order valence-electron chi connectivity index (χ0n) is 24.9. The molecule has 0 radical (unpaired) electrons. The zero-order valence-corrected chi connectivity index (χ0v) is 24.9. The van der Waals surface area contributed by atoms with Gasteiger partial charge in [-0.3, -0.25) is 0 Å². The second-order valence-corrected chi connectivity index (χ2v) is 12.5. The smallest absolute Gasteiger partial charge is 0.143 e. The van der Waals surface area contributed by atoms with Crippen LogP contribution in [0.25, 0.3) is 66.6 Å². The van der Waals surface area contributed by atoms with Crippen LogP contribution in [0.1, 0.15) is 37.5 Å². The van der Waals surface area contributed by atoms with E-state index < -0.39 is 0 Å². The minimum atomic E-state index is -0.00246. The molecule has 208 valence electrons. The number of imidazole rings is 1. The van der Waals surface area contributed by atoms with Gasteiger partial charge in [0.15, 0.2) is 0 Å². The van der Waals surface area contributed by atoms with E-state index in [-0.39, 0.29) is 11.2 Å². The zero-order chi connectivity index (χ0) is 29.3. The number of nitrogens with one attached hydrogen (secondary N) is 1. The van der Waals surface area contributed by atoms with Gasteiger partial charge in [-0.2, -0.15) is 0 Å². The number of H-pyrrole nitrogens is 1. The number of nitrogens with zero attached hydrogens (tertiary/aromatic N) is 3. The lowest BCUT2D eigenvalue weighted by Gasteiger charge is -2.20. The van der Waals surface area contributed by atoms with Crippen molar-refractivity contribution in [3.63, 3.8) is 0 Å². The van der Waals surface area contributed by atoms with Gasteiger partial charge in [0.05, 0.1) is 22.2 Å². The molecule has 0 bridgehead atoms. The van der Waals surface area contributed by atoms with Gasteiger partial charge in [-0.05, 0) is 72.4 Å². The molecule has 7 aromatic rings. The minimum Gasteiger partial charge on any atom is -0.506 e. The van der Waals surface area contributed by atoms with Crippen LogP contribution < -0.4 is 0 Å². The summed E-state index contributed by atoms with van der Waals surface area (Å²) in [6.07, 6.45) is 1.99. The van der Waals surface area contributed by atoms with Crippen molar-refractivity contribution in [2.75, 3.05) is 0 Å². The molecule has 0 atom stereocenters. The maximum Gasteiger partial charge on any atom is 0.143 e. The molecule has 0 aliphatic rings. The third-order valence-corrected chi connectivity index (χ3v) is 8.30. The molecule has 0 aliphatic carbocycles. The van der Waals surface area contributed by atoms with Crippen LogP contribution in [0.5, 0.6) is 5.75 Å². The summed E-state index contributed by atoms with van der Waals surface area (Å²) in [5.41, 5.74) is 12.2. The van der Waals surface area contributed by atoms with Crippen molar-refractivity contribution in [3.8, 4) is 39.5 Å². The number of phenolic OH excluding ortho intramolecular Hbond substituents is 1. The first kappa shape index (κ1) is 26.0. The van der Waals surface area contributed by atoms with E-state index in [1.165, 1.54) is 22.1 Å². The summed E-state index contributed by atoms with van der Waals surface area (Å²) in [5.74, 6) is 1.07. The maximum absolute atomic E-state index is 10.9. The lowest BCUT2D eigenvalue weighted by molar-refractivity contribution is 0.480. The molecule has 0 spiro atoms. The lowest BCUT2D eigenvalue weighted by Crippen LogP contribution is -2.11. The number of aromatic hydroxyl groups is 1. The number of hydrogen-bond donors (Lipinski definition) is 2. The number of para-hydroxylation sites is 2. The molecule has 0 amide bonds. The van der Waals surface area contributed by atoms with Crippen LogP contribution in [-0.4, -0.2) is 24.6 Å². The van der Waals surface area contributed by atoms with E-state index in [0.717, 1.165) is 55.7 Å². The van der Waals surface area contributed by atoms with Gasteiger partial charge in [-0.25, -0.2) is 9.97 Å². The SMILES string of the molecule is Cc1cc(C)cc(-c2cc(-c3cccc4c3nc(-c3cc(C(C)(C)C)cc5cc[nH]c35)n4C)nc3c(O)cccc23)c1. The van der Waals surface area contributed by atoms with E-state index in [4.69, 9.17) is 9.97 Å². The monoisotopic (exact) mass is 550 g/mol. The number of rotatable bonds is 3. The Morgan fingerprint density at radius 1 is 0.762 bits per heavy atom. The van der Waals surface area contributed by atoms with Crippen LogP contribution in [0.15, 0.2) is 85.1 Å². The fraction of sp³-hybridized carbons (Fsp3) is 0.189. The Labute approximate surface area is 245 Å². The van der Waals surface area contributed by atoms with E-state index in [9.17, 15) is 5.11 Å². The number of pyridine rings is 1. The Hall–Kier alpha value is -4.90. The maximum atomic E-state index is 10.9. The van der Waals surface area contributed by atoms with E-state index in [1.807, 2.05) is 18.3 Å². The normalized spacial score (nSPS) is 12.1. The number of phenols is 1. The number of fused-ring (bicyclic) bond motifs is 3. The largest absolute Gasteiger partial charge is 0.506 e. The Bertz CT molecular complexity index is 2150. The number of aromatic amines is 1. The van der Waals surface area contributed by atoms with E-state index in [0.29, 0.717) is 5.52 Å². The second-order valence-electron chi connectivity index (χ2n) is 12.5. The van der Waals surface area contributed by atoms with Crippen molar-refractivity contribution in [2.45, 2.75) is 40.0 Å². The summed E-state index contributed by atoms with van der Waals surface area (Å²) in [6.45, 7) is 11.0. The van der Waals surface area contributed by atoms with Crippen molar-refractivity contribution < 1.29 is 5.11 Å². The third-order valence-electron chi connectivity index (χ3n) is 8.30. The highest BCUT2D eigenvalue weighted by molar-refractivity contribution is 6.03. The molecular formula is C37H34N4O. The first-order valence-electron chi connectivity index (χ1n) is 14.4. The van der Waals surface area contributed by atoms with Gasteiger partial charge in [0.25, 0.3) is 0 Å². The van der Waals surface area contributed by atoms with Crippen molar-refractivity contribution in [3.05, 3.63) is 102 Å². The molecule has 0 saturated carbocycles. The summed E-state index contributed by atoms with van der Waals surface area (Å²) >= 11 is 0. The molecular weight excluding hydrogens is 516 g/mol. The highest BCUT2D eigenvalue weighted by Gasteiger charge is 2.22. The summed E-state index contributed by atoms with van der Waals surface area (Å²) < 4.78 is 2.17. The second kappa shape index (κ2) is 9.31. The fourth-order valence-electron chi connectivity index (χ4n) is 6.18. The van der Waals surface area contributed by atoms with E-state index in [1.54, 1.807) is 6.07 Å². The highest BCUT2D eigenvalue weighted by Crippen LogP contribution is 2.40. The molecule has 0 fully saturated rings. The van der Waals surface area contributed by atoms with Gasteiger partial charge in [-0.15, -0.1) is 0 Å². The lowest BCUT2D eigenvalue weighted by atomic mass is 9.85. The molecule has 0 unspecified atom stereocenters. The average Bonchev–Trinajstić information content (AvgIpc) is 3.56. The van der Waals surface area contributed by atoms with Crippen molar-refractivity contribution in [2.24, 2.45) is 7.05 Å². The minimum absolute atomic E-state index is 0.00246. The Balaban J connectivity index is 1.50. The van der Waals surface area contributed by atoms with Gasteiger partial charge < -0.3 is 14.7 Å². The molecule has 0 aliphatic heterocycles. The molecule has 2 N–H and O–H groups in total. The molecule has 5 heteroatoms. The van der Waals surface area contributed by atoms with E-state index >= 15 is 0 Å². The topological polar surface area (TPSA) is 66.7 Å². The van der Waals surface area contributed by atoms with Crippen LogP contribution in [0.2, 0.25) is 0 Å². The first-order valence-corrected chi connectivity index (χ1v) is 14.4. The Kier molecular flexibility index (Phi) is 5.77. The van der Waals surface area contributed by atoms with Crippen LogP contribution >= 0.6 is 0 Å². The summed E-state index contributed by atoms with van der Waals surface area (Å²) in [4.78, 5) is 13.8. The van der Waals surface area contributed by atoms with Crippen LogP contribution in [-0.2, 0) is 12.5 Å². The predicted molar refractivity (Wildman–Crippen MR) is 174 cm³/mol. The van der Waals surface area contributed by atoms with Crippen molar-refractivity contribution in [1.29, 1.82) is 0 Å². The van der Waals surface area contributed by atoms with E-state index in [2.05, 4.69) is 112 Å². The summed E-state index contributed by atoms with van der Waals surface area (Å²) in [5, 5.41) is 13.0. The standard InChI is InChI=1S/C37H34N4O/c1-21-15-22(2)17-24(16-21)28-20-30(39-35-26(28)9-8-12-32(35)42)27-10-7-11-31-34(27)40-36(41(31)6)29-19-25(37(3,4)5)18-23-13-14-38-33(23)29/h7-20,38,42H,1-6H3. The number of aryl methyl sites for hydroxylation is 3. The van der Waals surface area contributed by atoms with Gasteiger partial charge in [0.2, 0.25) is 0 Å². The summed E-state index contributed by atoms with van der Waals surface area (Å²) in [7, 11) is 2.08. The van der Waals surface area contributed by atoms with Crippen molar-refractivity contribution >= 4 is 32.8 Å². The molecule has 42 heavy (non-hydrogen) atoms.